The second-order valence-corrected chi connectivity index (χ2v) is 9.77. The van der Waals surface area contributed by atoms with Crippen molar-refractivity contribution in [1.82, 2.24) is 9.88 Å². The highest BCUT2D eigenvalue weighted by Gasteiger charge is 2.33. The Kier molecular flexibility index (Phi) is 7.27. The van der Waals surface area contributed by atoms with Crippen molar-refractivity contribution in [3.05, 3.63) is 53.5 Å². The molecule has 1 fully saturated rings. The second-order valence-electron chi connectivity index (χ2n) is 8.04. The highest BCUT2D eigenvalue weighted by Crippen LogP contribution is 2.31. The predicted molar refractivity (Wildman–Crippen MR) is 125 cm³/mol. The maximum atomic E-state index is 12.8. The van der Waals surface area contributed by atoms with Crippen molar-refractivity contribution in [3.8, 4) is 0 Å². The van der Waals surface area contributed by atoms with Crippen molar-refractivity contribution in [2.24, 2.45) is 0 Å². The van der Waals surface area contributed by atoms with Crippen molar-refractivity contribution < 1.29 is 18.7 Å². The zero-order valence-corrected chi connectivity index (χ0v) is 19.1. The number of aromatic nitrogens is 1. The third kappa shape index (κ3) is 5.57. The third-order valence-corrected chi connectivity index (χ3v) is 7.46. The van der Waals surface area contributed by atoms with Gasteiger partial charge in [0.25, 0.3) is 5.91 Å². The van der Waals surface area contributed by atoms with Gasteiger partial charge in [-0.25, -0.2) is 13.8 Å². The lowest BCUT2D eigenvalue weighted by Crippen LogP contribution is -2.46. The molecule has 2 aromatic carbocycles. The molecule has 1 amide bonds. The molecule has 0 spiro atoms. The van der Waals surface area contributed by atoms with Crippen LogP contribution in [-0.4, -0.2) is 46.0 Å². The van der Waals surface area contributed by atoms with Gasteiger partial charge in [-0.15, -0.1) is 11.3 Å². The summed E-state index contributed by atoms with van der Waals surface area (Å²) in [5.41, 5.74) is 3.33. The molecule has 0 radical (unpaired) electrons. The number of nitrogens with one attached hydrogen (secondary N) is 1. The van der Waals surface area contributed by atoms with Crippen LogP contribution in [0.1, 0.15) is 42.5 Å². The molecule has 0 atom stereocenters. The quantitative estimate of drug-likeness (QED) is 0.400. The van der Waals surface area contributed by atoms with Gasteiger partial charge >= 0.3 is 0 Å². The molecule has 4 rings (SSSR count). The SMILES string of the molecule is O=C(c1ccc(NSc2cccc3scnc23)cc1)N1CCC(O)(CCCC(F)F)CC1. The van der Waals surface area contributed by atoms with Gasteiger partial charge in [0.1, 0.15) is 0 Å². The Bertz CT molecular complexity index is 1050. The summed E-state index contributed by atoms with van der Waals surface area (Å²) in [6, 6.07) is 13.4. The minimum Gasteiger partial charge on any atom is -0.390 e. The van der Waals surface area contributed by atoms with Gasteiger partial charge in [0.15, 0.2) is 0 Å². The lowest BCUT2D eigenvalue weighted by molar-refractivity contribution is -0.0269. The number of nitrogens with zero attached hydrogens (tertiary/aromatic N) is 2. The van der Waals surface area contributed by atoms with E-state index in [0.717, 1.165) is 20.8 Å². The lowest BCUT2D eigenvalue weighted by Gasteiger charge is -2.38. The average Bonchev–Trinajstić information content (AvgIpc) is 3.27. The highest BCUT2D eigenvalue weighted by atomic mass is 32.2. The number of anilines is 1. The number of para-hydroxylation sites is 1. The number of fused-ring (bicyclic) bond motifs is 1. The van der Waals surface area contributed by atoms with Crippen LogP contribution in [0.5, 0.6) is 0 Å². The fourth-order valence-corrected chi connectivity index (χ4v) is 5.42. The molecule has 9 heteroatoms. The number of aliphatic hydroxyl groups is 1. The molecule has 1 aliphatic heterocycles. The molecule has 5 nitrogen and oxygen atoms in total. The summed E-state index contributed by atoms with van der Waals surface area (Å²) < 4.78 is 29.1. The van der Waals surface area contributed by atoms with Crippen LogP contribution >= 0.6 is 23.3 Å². The molecular formula is C23H25F2N3O2S2. The Morgan fingerprint density at radius 2 is 1.97 bits per heavy atom. The second kappa shape index (κ2) is 10.1. The van der Waals surface area contributed by atoms with Crippen molar-refractivity contribution in [1.29, 1.82) is 0 Å². The van der Waals surface area contributed by atoms with Crippen molar-refractivity contribution in [2.75, 3.05) is 17.8 Å². The van der Waals surface area contributed by atoms with E-state index in [1.165, 1.54) is 11.9 Å². The van der Waals surface area contributed by atoms with Crippen LogP contribution in [0.2, 0.25) is 0 Å². The molecule has 170 valence electrons. The van der Waals surface area contributed by atoms with Crippen LogP contribution in [0.4, 0.5) is 14.5 Å². The largest absolute Gasteiger partial charge is 0.390 e. The van der Waals surface area contributed by atoms with Gasteiger partial charge in [0.2, 0.25) is 6.43 Å². The first-order valence-electron chi connectivity index (χ1n) is 10.6. The standard InChI is InChI=1S/C23H25F2N3O2S2/c24-20(25)5-2-10-23(30)11-13-28(14-12-23)22(29)16-6-8-17(9-7-16)27-32-19-4-1-3-18-21(19)26-15-31-18/h1,3-4,6-9,15,20,27,30H,2,5,10-14H2. The summed E-state index contributed by atoms with van der Waals surface area (Å²) in [6.45, 7) is 0.856. The van der Waals surface area contributed by atoms with Crippen molar-refractivity contribution >= 4 is 45.1 Å². The number of halogens is 2. The predicted octanol–water partition coefficient (Wildman–Crippen LogP) is 5.82. The van der Waals surface area contributed by atoms with Crippen molar-refractivity contribution in [2.45, 2.75) is 49.0 Å². The molecule has 32 heavy (non-hydrogen) atoms. The summed E-state index contributed by atoms with van der Waals surface area (Å²) in [4.78, 5) is 20.0. The molecule has 0 aliphatic carbocycles. The van der Waals surface area contributed by atoms with Crippen molar-refractivity contribution in [3.63, 3.8) is 0 Å². The van der Waals surface area contributed by atoms with Crippen LogP contribution in [0, 0.1) is 0 Å². The summed E-state index contributed by atoms with van der Waals surface area (Å²) in [7, 11) is 0. The number of rotatable bonds is 8. The van der Waals surface area contributed by atoms with E-state index in [1.807, 2.05) is 35.8 Å². The Balaban J connectivity index is 1.29. The Morgan fingerprint density at radius 3 is 2.69 bits per heavy atom. The smallest absolute Gasteiger partial charge is 0.253 e. The fourth-order valence-electron chi connectivity index (χ4n) is 3.88. The zero-order valence-electron chi connectivity index (χ0n) is 17.5. The van der Waals surface area contributed by atoms with Crippen LogP contribution < -0.4 is 4.72 Å². The number of benzene rings is 2. The Labute approximate surface area is 194 Å². The zero-order chi connectivity index (χ0) is 22.6. The van der Waals surface area contributed by atoms with E-state index >= 15 is 0 Å². The van der Waals surface area contributed by atoms with Crippen LogP contribution in [0.25, 0.3) is 10.2 Å². The molecule has 0 bridgehead atoms. The van der Waals surface area contributed by atoms with Gasteiger partial charge in [0, 0.05) is 30.8 Å². The number of amides is 1. The van der Waals surface area contributed by atoms with Crippen LogP contribution in [0.3, 0.4) is 0 Å². The first-order chi connectivity index (χ1) is 15.4. The summed E-state index contributed by atoms with van der Waals surface area (Å²) in [5.74, 6) is -0.0777. The van der Waals surface area contributed by atoms with E-state index in [4.69, 9.17) is 0 Å². The fraction of sp³-hybridized carbons (Fsp3) is 0.391. The molecule has 1 saturated heterocycles. The van der Waals surface area contributed by atoms with Gasteiger partial charge in [-0.2, -0.15) is 0 Å². The molecule has 0 unspecified atom stereocenters. The molecule has 0 saturated carbocycles. The molecule has 2 heterocycles. The van der Waals surface area contributed by atoms with Gasteiger partial charge in [0.05, 0.1) is 26.2 Å². The average molecular weight is 478 g/mol. The number of alkyl halides is 2. The number of hydrogen-bond donors (Lipinski definition) is 2. The Morgan fingerprint density at radius 1 is 1.22 bits per heavy atom. The van der Waals surface area contributed by atoms with Crippen LogP contribution in [0.15, 0.2) is 52.9 Å². The third-order valence-electron chi connectivity index (χ3n) is 5.78. The molecule has 1 aliphatic rings. The van der Waals surface area contributed by atoms with E-state index in [9.17, 15) is 18.7 Å². The van der Waals surface area contributed by atoms with E-state index in [1.54, 1.807) is 28.4 Å². The first kappa shape index (κ1) is 22.9. The topological polar surface area (TPSA) is 65.5 Å². The monoisotopic (exact) mass is 477 g/mol. The maximum Gasteiger partial charge on any atom is 0.253 e. The number of carbonyl (C=O) groups excluding carboxylic acids is 1. The molecule has 1 aromatic heterocycles. The van der Waals surface area contributed by atoms with E-state index in [2.05, 4.69) is 9.71 Å². The van der Waals surface area contributed by atoms with E-state index in [-0.39, 0.29) is 12.3 Å². The number of piperidine rings is 1. The maximum absolute atomic E-state index is 12.8. The van der Waals surface area contributed by atoms with Gasteiger partial charge in [-0.3, -0.25) is 4.79 Å². The minimum absolute atomic E-state index is 0.0777. The summed E-state index contributed by atoms with van der Waals surface area (Å²) >= 11 is 3.09. The Hall–Kier alpha value is -2.23. The number of carbonyl (C=O) groups is 1. The molecule has 3 aromatic rings. The summed E-state index contributed by atoms with van der Waals surface area (Å²) in [5, 5.41) is 10.6. The molecule has 2 N–H and O–H groups in total. The van der Waals surface area contributed by atoms with Gasteiger partial charge in [-0.1, -0.05) is 6.07 Å². The number of likely N-dealkylation sites (tertiary alicyclic amines) is 1. The molecular weight excluding hydrogens is 452 g/mol. The van der Waals surface area contributed by atoms with Gasteiger partial charge < -0.3 is 14.7 Å². The number of thiazole rings is 1. The summed E-state index contributed by atoms with van der Waals surface area (Å²) in [6.07, 6.45) is -1.04. The van der Waals surface area contributed by atoms with Gasteiger partial charge in [-0.05, 0) is 74.0 Å². The van der Waals surface area contributed by atoms with E-state index < -0.39 is 12.0 Å². The normalized spacial score (nSPS) is 15.9. The lowest BCUT2D eigenvalue weighted by atomic mass is 9.86. The minimum atomic E-state index is -2.34. The first-order valence-corrected chi connectivity index (χ1v) is 12.3. The van der Waals surface area contributed by atoms with E-state index in [0.29, 0.717) is 44.3 Å². The van der Waals surface area contributed by atoms with Crippen LogP contribution in [-0.2, 0) is 0 Å². The highest BCUT2D eigenvalue weighted by molar-refractivity contribution is 8.00. The number of hydrogen-bond acceptors (Lipinski definition) is 6.